The van der Waals surface area contributed by atoms with Gasteiger partial charge in [-0.3, -0.25) is 9.59 Å². The predicted molar refractivity (Wildman–Crippen MR) is 152 cm³/mol. The van der Waals surface area contributed by atoms with Crippen LogP contribution in [0.5, 0.6) is 0 Å². The average Bonchev–Trinajstić information content (AvgIpc) is 3.28. The third-order valence-corrected chi connectivity index (χ3v) is 10.1. The van der Waals surface area contributed by atoms with Crippen molar-refractivity contribution in [3.8, 4) is 0 Å². The Bertz CT molecular complexity index is 1230. The minimum atomic E-state index is -0.830. The number of oxime groups is 1. The zero-order valence-corrected chi connectivity index (χ0v) is 24.9. The van der Waals surface area contributed by atoms with Crippen LogP contribution in [-0.4, -0.2) is 35.8 Å². The van der Waals surface area contributed by atoms with Gasteiger partial charge in [0, 0.05) is 23.0 Å². The number of fused-ring (bicyclic) bond motifs is 3. The van der Waals surface area contributed by atoms with Crippen molar-refractivity contribution in [2.24, 2.45) is 16.5 Å². The molecule has 2 N–H and O–H groups in total. The number of benzene rings is 1. The van der Waals surface area contributed by atoms with Crippen molar-refractivity contribution in [1.82, 2.24) is 5.32 Å². The van der Waals surface area contributed by atoms with Gasteiger partial charge in [0.05, 0.1) is 20.3 Å². The van der Waals surface area contributed by atoms with Gasteiger partial charge in [0.25, 0.3) is 5.91 Å². The van der Waals surface area contributed by atoms with Gasteiger partial charge in [-0.2, -0.15) is 0 Å². The quantitative estimate of drug-likeness (QED) is 0.241. The molecular formula is C28H34BrClN2O4S. The van der Waals surface area contributed by atoms with E-state index in [0.717, 1.165) is 34.2 Å². The molecule has 1 fully saturated rings. The number of carbonyl (C=O) groups excluding carboxylic acids is 1. The lowest BCUT2D eigenvalue weighted by atomic mass is 9.49. The van der Waals surface area contributed by atoms with Crippen LogP contribution in [0.2, 0.25) is 4.34 Å². The van der Waals surface area contributed by atoms with Gasteiger partial charge >= 0.3 is 5.97 Å². The van der Waals surface area contributed by atoms with Crippen LogP contribution in [0.3, 0.4) is 0 Å². The predicted octanol–water partition coefficient (Wildman–Crippen LogP) is 7.38. The Morgan fingerprint density at radius 2 is 2.05 bits per heavy atom. The van der Waals surface area contributed by atoms with Gasteiger partial charge in [-0.1, -0.05) is 59.9 Å². The zero-order valence-electron chi connectivity index (χ0n) is 21.7. The number of hydrogen-bond donors (Lipinski definition) is 2. The molecule has 1 aromatic heterocycles. The summed E-state index contributed by atoms with van der Waals surface area (Å²) >= 11 is 10.9. The van der Waals surface area contributed by atoms with E-state index in [0.29, 0.717) is 47.5 Å². The SMILES string of the molecule is CC(C)c1cc2c(cc1Br)[C@@]1(C)CCC[C@@](C)(C(=O)O)[C@@H]1C/C2=N\OCCCNC(=O)c1ccc(Cl)s1. The summed E-state index contributed by atoms with van der Waals surface area (Å²) in [7, 11) is 0. The lowest BCUT2D eigenvalue weighted by molar-refractivity contribution is -0.156. The van der Waals surface area contributed by atoms with E-state index >= 15 is 0 Å². The van der Waals surface area contributed by atoms with Gasteiger partial charge in [-0.15, -0.1) is 11.3 Å². The molecule has 0 radical (unpaired) electrons. The highest BCUT2D eigenvalue weighted by atomic mass is 79.9. The van der Waals surface area contributed by atoms with Gasteiger partial charge in [-0.05, 0) is 78.8 Å². The Morgan fingerprint density at radius 1 is 1.30 bits per heavy atom. The molecule has 37 heavy (non-hydrogen) atoms. The minimum Gasteiger partial charge on any atom is -0.481 e. The number of nitrogens with zero attached hydrogens (tertiary/aromatic N) is 1. The lowest BCUT2D eigenvalue weighted by Gasteiger charge is -2.53. The molecule has 0 aliphatic heterocycles. The standard InChI is InChI=1S/C28H34BrClN2O4S/c1-16(2)17-13-18-19(14-20(17)29)27(3)9-5-10-28(4,26(34)35)23(27)15-21(18)32-36-12-6-11-31-25(33)22-7-8-24(30)37-22/h7-8,13-14,16,23H,5-6,9-12,15H2,1-4H3,(H,31,33)(H,34,35)/b32-21+/t23-,27-,28-/m1/s1. The molecule has 0 bridgehead atoms. The van der Waals surface area contributed by atoms with Crippen LogP contribution in [0.25, 0.3) is 0 Å². The maximum Gasteiger partial charge on any atom is 0.309 e. The fourth-order valence-electron chi connectivity index (χ4n) is 6.02. The van der Waals surface area contributed by atoms with Crippen LogP contribution in [0.15, 0.2) is 33.9 Å². The molecule has 4 rings (SSSR count). The highest BCUT2D eigenvalue weighted by Crippen LogP contribution is 2.58. The van der Waals surface area contributed by atoms with Crippen LogP contribution in [0, 0.1) is 11.3 Å². The number of aliphatic carboxylic acids is 1. The molecule has 6 nitrogen and oxygen atoms in total. The van der Waals surface area contributed by atoms with Crippen LogP contribution in [0.1, 0.15) is 92.1 Å². The molecule has 2 aliphatic rings. The number of rotatable bonds is 8. The summed E-state index contributed by atoms with van der Waals surface area (Å²) < 4.78 is 1.63. The molecule has 1 heterocycles. The second-order valence-corrected chi connectivity index (χ2v) is 13.5. The van der Waals surface area contributed by atoms with Crippen LogP contribution >= 0.6 is 38.9 Å². The first-order chi connectivity index (χ1) is 17.5. The number of carboxylic acid groups (broad SMARTS) is 1. The van der Waals surface area contributed by atoms with E-state index in [-0.39, 0.29) is 17.2 Å². The molecule has 0 saturated heterocycles. The monoisotopic (exact) mass is 608 g/mol. The summed E-state index contributed by atoms with van der Waals surface area (Å²) in [6.07, 6.45) is 3.64. The first-order valence-electron chi connectivity index (χ1n) is 12.8. The number of thiophene rings is 1. The molecule has 0 unspecified atom stereocenters. The third kappa shape index (κ3) is 5.48. The molecule has 1 amide bonds. The summed E-state index contributed by atoms with van der Waals surface area (Å²) in [5, 5.41) is 17.7. The van der Waals surface area contributed by atoms with Crippen molar-refractivity contribution in [2.75, 3.05) is 13.2 Å². The first kappa shape index (κ1) is 28.1. The first-order valence-corrected chi connectivity index (χ1v) is 14.8. The van der Waals surface area contributed by atoms with Gasteiger partial charge in [0.1, 0.15) is 6.61 Å². The van der Waals surface area contributed by atoms with Crippen LogP contribution in [-0.2, 0) is 15.0 Å². The van der Waals surface area contributed by atoms with E-state index in [1.54, 1.807) is 12.1 Å². The maximum absolute atomic E-state index is 12.5. The van der Waals surface area contributed by atoms with E-state index in [1.807, 2.05) is 6.92 Å². The van der Waals surface area contributed by atoms with E-state index < -0.39 is 11.4 Å². The number of hydrogen-bond acceptors (Lipinski definition) is 5. The molecule has 3 atom stereocenters. The Morgan fingerprint density at radius 3 is 2.70 bits per heavy atom. The molecule has 200 valence electrons. The van der Waals surface area contributed by atoms with Crippen LogP contribution < -0.4 is 5.32 Å². The number of nitrogens with one attached hydrogen (secondary N) is 1. The van der Waals surface area contributed by atoms with Crippen molar-refractivity contribution in [3.63, 3.8) is 0 Å². The van der Waals surface area contributed by atoms with Gasteiger partial charge < -0.3 is 15.3 Å². The Labute approximate surface area is 235 Å². The molecule has 0 spiro atoms. The summed E-state index contributed by atoms with van der Waals surface area (Å²) in [5.41, 5.74) is 3.12. The Balaban J connectivity index is 1.55. The van der Waals surface area contributed by atoms with Crippen LogP contribution in [0.4, 0.5) is 0 Å². The Kier molecular flexibility index (Phi) is 8.41. The molecule has 2 aliphatic carbocycles. The summed E-state index contributed by atoms with van der Waals surface area (Å²) in [6, 6.07) is 7.80. The lowest BCUT2D eigenvalue weighted by Crippen LogP contribution is -2.53. The smallest absolute Gasteiger partial charge is 0.309 e. The van der Waals surface area contributed by atoms with Gasteiger partial charge in [0.15, 0.2) is 0 Å². The van der Waals surface area contributed by atoms with Gasteiger partial charge in [0.2, 0.25) is 0 Å². The Hall–Kier alpha value is -1.90. The van der Waals surface area contributed by atoms with Crippen molar-refractivity contribution in [3.05, 3.63) is 54.6 Å². The third-order valence-electron chi connectivity index (χ3n) is 8.17. The van der Waals surface area contributed by atoms with Gasteiger partial charge in [-0.25, -0.2) is 0 Å². The van der Waals surface area contributed by atoms with E-state index in [9.17, 15) is 14.7 Å². The topological polar surface area (TPSA) is 88.0 Å². The van der Waals surface area contributed by atoms with E-state index in [1.165, 1.54) is 16.9 Å². The van der Waals surface area contributed by atoms with E-state index in [4.69, 9.17) is 16.4 Å². The molecule has 9 heteroatoms. The summed E-state index contributed by atoms with van der Waals surface area (Å²) in [5.74, 6) is -0.659. The number of carbonyl (C=O) groups is 2. The van der Waals surface area contributed by atoms with Crippen molar-refractivity contribution >= 4 is 56.5 Å². The zero-order chi connectivity index (χ0) is 27.0. The number of amides is 1. The highest BCUT2D eigenvalue weighted by Gasteiger charge is 2.56. The molecule has 1 aromatic carbocycles. The van der Waals surface area contributed by atoms with Crippen molar-refractivity contribution < 1.29 is 19.5 Å². The number of carboxylic acids is 1. The normalized spacial score (nSPS) is 26.0. The average molecular weight is 610 g/mol. The molecule has 1 saturated carbocycles. The maximum atomic E-state index is 12.5. The second kappa shape index (κ2) is 11.1. The summed E-state index contributed by atoms with van der Waals surface area (Å²) in [4.78, 5) is 31.0. The minimum absolute atomic E-state index is 0.0881. The van der Waals surface area contributed by atoms with E-state index in [2.05, 4.69) is 59.3 Å². The largest absolute Gasteiger partial charge is 0.481 e. The number of halogens is 2. The second-order valence-electron chi connectivity index (χ2n) is 10.9. The molecular weight excluding hydrogens is 576 g/mol. The van der Waals surface area contributed by atoms with Crippen molar-refractivity contribution in [2.45, 2.75) is 71.1 Å². The fraction of sp³-hybridized carbons (Fsp3) is 0.536. The molecule has 2 aromatic rings. The highest BCUT2D eigenvalue weighted by molar-refractivity contribution is 9.10. The van der Waals surface area contributed by atoms with Crippen molar-refractivity contribution in [1.29, 1.82) is 0 Å². The fourth-order valence-corrected chi connectivity index (χ4v) is 7.78. The summed E-state index contributed by atoms with van der Waals surface area (Å²) in [6.45, 7) is 9.23.